The van der Waals surface area contributed by atoms with E-state index in [1.807, 2.05) is 6.20 Å². The fourth-order valence-corrected chi connectivity index (χ4v) is 2.31. The predicted octanol–water partition coefficient (Wildman–Crippen LogP) is 1.90. The number of aromatic amines is 1. The molecular weight excluding hydrogens is 240 g/mol. The maximum absolute atomic E-state index is 9.50. The van der Waals surface area contributed by atoms with Gasteiger partial charge in [-0.3, -0.25) is 0 Å². The summed E-state index contributed by atoms with van der Waals surface area (Å²) in [5.74, 6) is 0.816. The van der Waals surface area contributed by atoms with Crippen LogP contribution < -0.4 is 0 Å². The third-order valence-corrected chi connectivity index (χ3v) is 3.81. The summed E-state index contributed by atoms with van der Waals surface area (Å²) in [4.78, 5) is 7.71. The molecule has 0 unspecified atom stereocenters. The quantitative estimate of drug-likeness (QED) is 0.880. The first-order valence-corrected chi connectivity index (χ1v) is 6.61. The van der Waals surface area contributed by atoms with Crippen LogP contribution in [0.4, 0.5) is 0 Å². The molecule has 0 radical (unpaired) electrons. The Morgan fingerprint density at radius 2 is 2.05 bits per heavy atom. The number of aryl methyl sites for hydroxylation is 1. The third-order valence-electron chi connectivity index (χ3n) is 3.81. The molecule has 0 bridgehead atoms. The van der Waals surface area contributed by atoms with E-state index in [0.717, 1.165) is 23.5 Å². The first-order valence-electron chi connectivity index (χ1n) is 6.61. The standard InChI is InChI=1S/C15H18N2O2/c1-2-11-3-5-12(6-4-11)13-7-16-14(17-13)15(8-18)9-19-10-15/h3-7,18H,2,8-10H2,1H3,(H,16,17). The SMILES string of the molecule is CCc1ccc(-c2cnc(C3(CO)COC3)[nH]2)cc1. The van der Waals surface area contributed by atoms with Gasteiger partial charge >= 0.3 is 0 Å². The highest BCUT2D eigenvalue weighted by atomic mass is 16.5. The predicted molar refractivity (Wildman–Crippen MR) is 73.0 cm³/mol. The van der Waals surface area contributed by atoms with Crippen molar-refractivity contribution < 1.29 is 9.84 Å². The zero-order valence-corrected chi connectivity index (χ0v) is 11.0. The first kappa shape index (κ1) is 12.4. The molecule has 1 aromatic carbocycles. The van der Waals surface area contributed by atoms with Crippen molar-refractivity contribution in [1.82, 2.24) is 9.97 Å². The van der Waals surface area contributed by atoms with Gasteiger partial charge in [0.25, 0.3) is 0 Å². The number of ether oxygens (including phenoxy) is 1. The van der Waals surface area contributed by atoms with Crippen LogP contribution in [0.25, 0.3) is 11.3 Å². The molecule has 0 spiro atoms. The van der Waals surface area contributed by atoms with E-state index in [9.17, 15) is 5.11 Å². The Labute approximate surface area is 112 Å². The van der Waals surface area contributed by atoms with E-state index < -0.39 is 0 Å². The molecule has 100 valence electrons. The Morgan fingerprint density at radius 3 is 2.58 bits per heavy atom. The van der Waals surface area contributed by atoms with Crippen molar-refractivity contribution in [2.75, 3.05) is 19.8 Å². The van der Waals surface area contributed by atoms with Crippen molar-refractivity contribution >= 4 is 0 Å². The van der Waals surface area contributed by atoms with Gasteiger partial charge in [-0.25, -0.2) is 4.98 Å². The zero-order valence-electron chi connectivity index (χ0n) is 11.0. The Kier molecular flexibility index (Phi) is 3.12. The second kappa shape index (κ2) is 4.79. The van der Waals surface area contributed by atoms with E-state index in [0.29, 0.717) is 13.2 Å². The van der Waals surface area contributed by atoms with Gasteiger partial charge in [0.2, 0.25) is 0 Å². The number of benzene rings is 1. The van der Waals surface area contributed by atoms with Crippen LogP contribution in [0.1, 0.15) is 18.3 Å². The molecular formula is C15H18N2O2. The molecule has 0 saturated carbocycles. The summed E-state index contributed by atoms with van der Waals surface area (Å²) in [7, 11) is 0. The van der Waals surface area contributed by atoms with Gasteiger partial charge in [0.05, 0.1) is 37.1 Å². The van der Waals surface area contributed by atoms with E-state index in [1.165, 1.54) is 5.56 Å². The number of rotatable bonds is 4. The number of imidazole rings is 1. The number of nitrogens with one attached hydrogen (secondary N) is 1. The minimum absolute atomic E-state index is 0.0642. The lowest BCUT2D eigenvalue weighted by molar-refractivity contribution is -0.0880. The number of hydrogen-bond acceptors (Lipinski definition) is 3. The molecule has 4 nitrogen and oxygen atoms in total. The molecule has 0 amide bonds. The lowest BCUT2D eigenvalue weighted by atomic mass is 9.86. The van der Waals surface area contributed by atoms with Crippen molar-refractivity contribution in [1.29, 1.82) is 0 Å². The number of H-pyrrole nitrogens is 1. The highest BCUT2D eigenvalue weighted by Crippen LogP contribution is 2.31. The van der Waals surface area contributed by atoms with Gasteiger partial charge in [0.15, 0.2) is 0 Å². The van der Waals surface area contributed by atoms with Crippen molar-refractivity contribution in [3.63, 3.8) is 0 Å². The summed E-state index contributed by atoms with van der Waals surface area (Å²) in [6.07, 6.45) is 2.87. The van der Waals surface area contributed by atoms with E-state index in [1.54, 1.807) is 0 Å². The van der Waals surface area contributed by atoms with Crippen LogP contribution in [-0.2, 0) is 16.6 Å². The van der Waals surface area contributed by atoms with Crippen LogP contribution in [0.2, 0.25) is 0 Å². The second-order valence-electron chi connectivity index (χ2n) is 5.13. The molecule has 0 aliphatic carbocycles. The molecule has 0 atom stereocenters. The van der Waals surface area contributed by atoms with Crippen molar-refractivity contribution in [3.05, 3.63) is 41.9 Å². The fourth-order valence-electron chi connectivity index (χ4n) is 2.31. The Hall–Kier alpha value is -1.65. The first-order chi connectivity index (χ1) is 9.27. The minimum Gasteiger partial charge on any atom is -0.395 e. The van der Waals surface area contributed by atoms with Crippen molar-refractivity contribution in [2.24, 2.45) is 0 Å². The van der Waals surface area contributed by atoms with Crippen LogP contribution in [0.15, 0.2) is 30.5 Å². The van der Waals surface area contributed by atoms with Gasteiger partial charge in [-0.05, 0) is 17.5 Å². The summed E-state index contributed by atoms with van der Waals surface area (Å²) in [6, 6.07) is 8.45. The fraction of sp³-hybridized carbons (Fsp3) is 0.400. The van der Waals surface area contributed by atoms with Gasteiger partial charge in [0.1, 0.15) is 5.82 Å². The minimum atomic E-state index is -0.332. The van der Waals surface area contributed by atoms with Crippen LogP contribution >= 0.6 is 0 Å². The van der Waals surface area contributed by atoms with Gasteiger partial charge in [-0.1, -0.05) is 31.2 Å². The van der Waals surface area contributed by atoms with Crippen LogP contribution in [-0.4, -0.2) is 34.9 Å². The van der Waals surface area contributed by atoms with Crippen molar-refractivity contribution in [3.8, 4) is 11.3 Å². The van der Waals surface area contributed by atoms with Crippen LogP contribution in [0, 0.1) is 0 Å². The highest BCUT2D eigenvalue weighted by Gasteiger charge is 2.42. The molecule has 1 aliphatic heterocycles. The smallest absolute Gasteiger partial charge is 0.119 e. The third kappa shape index (κ3) is 2.07. The van der Waals surface area contributed by atoms with E-state index >= 15 is 0 Å². The van der Waals surface area contributed by atoms with E-state index in [4.69, 9.17) is 4.74 Å². The maximum atomic E-state index is 9.50. The molecule has 2 heterocycles. The van der Waals surface area contributed by atoms with E-state index in [2.05, 4.69) is 41.2 Å². The van der Waals surface area contributed by atoms with Crippen LogP contribution in [0.5, 0.6) is 0 Å². The number of aliphatic hydroxyl groups is 1. The summed E-state index contributed by atoms with van der Waals surface area (Å²) >= 11 is 0. The van der Waals surface area contributed by atoms with Crippen LogP contribution in [0.3, 0.4) is 0 Å². The summed E-state index contributed by atoms with van der Waals surface area (Å²) in [5.41, 5.74) is 3.09. The maximum Gasteiger partial charge on any atom is 0.119 e. The zero-order chi connectivity index (χ0) is 13.3. The summed E-state index contributed by atoms with van der Waals surface area (Å²) in [6.45, 7) is 3.27. The van der Waals surface area contributed by atoms with E-state index in [-0.39, 0.29) is 12.0 Å². The largest absolute Gasteiger partial charge is 0.395 e. The normalized spacial score (nSPS) is 17.2. The topological polar surface area (TPSA) is 58.1 Å². The molecule has 1 fully saturated rings. The number of hydrogen-bond donors (Lipinski definition) is 2. The molecule has 1 aliphatic rings. The number of aromatic nitrogens is 2. The number of aliphatic hydroxyl groups excluding tert-OH is 1. The molecule has 1 aromatic heterocycles. The molecule has 2 N–H and O–H groups in total. The van der Waals surface area contributed by atoms with Gasteiger partial charge < -0.3 is 14.8 Å². The molecule has 4 heteroatoms. The van der Waals surface area contributed by atoms with Gasteiger partial charge in [-0.2, -0.15) is 0 Å². The lowest BCUT2D eigenvalue weighted by Crippen LogP contribution is -2.50. The number of nitrogens with zero attached hydrogens (tertiary/aromatic N) is 1. The average molecular weight is 258 g/mol. The molecule has 3 rings (SSSR count). The monoisotopic (exact) mass is 258 g/mol. The second-order valence-corrected chi connectivity index (χ2v) is 5.13. The summed E-state index contributed by atoms with van der Waals surface area (Å²) < 4.78 is 5.21. The average Bonchev–Trinajstić information content (AvgIpc) is 2.88. The summed E-state index contributed by atoms with van der Waals surface area (Å²) in [5, 5.41) is 9.50. The Bertz CT molecular complexity index is 550. The van der Waals surface area contributed by atoms with Crippen molar-refractivity contribution in [2.45, 2.75) is 18.8 Å². The molecule has 19 heavy (non-hydrogen) atoms. The lowest BCUT2D eigenvalue weighted by Gasteiger charge is -2.37. The molecule has 2 aromatic rings. The Morgan fingerprint density at radius 1 is 1.32 bits per heavy atom. The highest BCUT2D eigenvalue weighted by molar-refractivity contribution is 5.59. The molecule has 1 saturated heterocycles. The Balaban J connectivity index is 1.88. The van der Waals surface area contributed by atoms with Gasteiger partial charge in [-0.15, -0.1) is 0 Å². The van der Waals surface area contributed by atoms with Gasteiger partial charge in [0, 0.05) is 0 Å².